The number of amides is 4. The van der Waals surface area contributed by atoms with Crippen molar-refractivity contribution in [3.05, 3.63) is 59.9 Å². The fourth-order valence-electron chi connectivity index (χ4n) is 6.61. The highest BCUT2D eigenvalue weighted by molar-refractivity contribution is 6.41. The van der Waals surface area contributed by atoms with Crippen molar-refractivity contribution < 1.29 is 29.1 Å². The average molecular weight is 644 g/mol. The number of aliphatic hydroxyl groups is 1. The Labute approximate surface area is 272 Å². The normalized spacial score (nSPS) is 19.8. The van der Waals surface area contributed by atoms with Gasteiger partial charge in [0.15, 0.2) is 0 Å². The number of carbonyl (C=O) groups is 5. The number of nitrogens with two attached hydrogens (primary N) is 1. The summed E-state index contributed by atoms with van der Waals surface area (Å²) in [5.41, 5.74) is 4.63. The van der Waals surface area contributed by atoms with E-state index in [2.05, 4.69) is 20.6 Å². The molecule has 0 bridgehead atoms. The Bertz CT molecular complexity index is 1710. The van der Waals surface area contributed by atoms with E-state index in [1.807, 2.05) is 30.3 Å². The van der Waals surface area contributed by atoms with Crippen LogP contribution in [0.1, 0.15) is 87.8 Å². The Morgan fingerprint density at radius 1 is 1.06 bits per heavy atom. The fourth-order valence-corrected chi connectivity index (χ4v) is 6.61. The summed E-state index contributed by atoms with van der Waals surface area (Å²) in [5.74, 6) is -3.84. The number of aliphatic imine (C=N–C) groups is 1. The van der Waals surface area contributed by atoms with E-state index < -0.39 is 53.1 Å². The summed E-state index contributed by atoms with van der Waals surface area (Å²) in [4.78, 5) is 71.5. The second-order valence-electron chi connectivity index (χ2n) is 13.0. The van der Waals surface area contributed by atoms with Crippen LogP contribution in [0.4, 0.5) is 0 Å². The number of benzene rings is 2. The van der Waals surface area contributed by atoms with Gasteiger partial charge in [0, 0.05) is 18.5 Å². The van der Waals surface area contributed by atoms with Crippen molar-refractivity contribution in [2.45, 2.75) is 89.4 Å². The number of carbonyl (C=O) groups excluding carboxylic acids is 5. The van der Waals surface area contributed by atoms with Crippen molar-refractivity contribution in [1.82, 2.24) is 25.2 Å². The van der Waals surface area contributed by atoms with Crippen molar-refractivity contribution >= 4 is 45.9 Å². The molecule has 1 saturated carbocycles. The molecule has 4 N–H and O–H groups in total. The standard InChI is InChI=1S/C34H41N7O6/c1-20(29(42)30(35)43)37-32(45)27-17-23(41-28(18-36-39-41)34(2,3)47)19-40(27)33(46)26(16-21-10-5-4-6-11-21)38-31(44)25-15-9-13-22-12-7-8-14-24(22)25/h7-9,12-15,18,20-21,23,27,47H,4-6,10-11,16-17,19H2,1-3H3,(H2,35,43)(H,37,45)/t20?,23-,27-/m0/s1. The molecule has 1 saturated heterocycles. The number of nitrogens with zero attached hydrogens (tertiary/aromatic N) is 5. The minimum Gasteiger partial charge on any atom is -0.384 e. The number of likely N-dealkylation sites (tertiary alicyclic amines) is 1. The highest BCUT2D eigenvalue weighted by Gasteiger charge is 2.44. The smallest absolute Gasteiger partial charge is 0.287 e. The molecule has 2 fully saturated rings. The number of nitrogens with one attached hydrogen (secondary N) is 1. The van der Waals surface area contributed by atoms with Gasteiger partial charge in [-0.3, -0.25) is 24.0 Å². The van der Waals surface area contributed by atoms with Gasteiger partial charge in [0.1, 0.15) is 17.4 Å². The fraction of sp³-hybridized carbons (Fsp3) is 0.471. The van der Waals surface area contributed by atoms with Crippen LogP contribution in [-0.2, 0) is 24.8 Å². The minimum absolute atomic E-state index is 0.00630. The van der Waals surface area contributed by atoms with Gasteiger partial charge in [-0.25, -0.2) is 9.67 Å². The molecule has 1 aliphatic carbocycles. The minimum atomic E-state index is -1.32. The first kappa shape index (κ1) is 33.6. The molecule has 0 radical (unpaired) electrons. The van der Waals surface area contributed by atoms with E-state index in [0.717, 1.165) is 37.5 Å². The Kier molecular flexibility index (Phi) is 9.94. The van der Waals surface area contributed by atoms with Gasteiger partial charge in [-0.15, -0.1) is 5.10 Å². The SMILES string of the molecule is CC(NC(=O)[C@@H]1C[C@H](n2nncc2C(C)(C)O)CN1C(=O)C(CC1CCCCC1)=NC(=O)c1cccc2ccccc12)C(=O)C(N)=O. The largest absolute Gasteiger partial charge is 0.384 e. The highest BCUT2D eigenvalue weighted by Crippen LogP contribution is 2.33. The van der Waals surface area contributed by atoms with Crippen molar-refractivity contribution in [3.63, 3.8) is 0 Å². The van der Waals surface area contributed by atoms with Crippen LogP contribution in [-0.4, -0.2) is 78.8 Å². The van der Waals surface area contributed by atoms with E-state index >= 15 is 0 Å². The molecule has 1 aliphatic heterocycles. The first-order valence-corrected chi connectivity index (χ1v) is 16.0. The molecule has 1 unspecified atom stereocenters. The Balaban J connectivity index is 1.52. The summed E-state index contributed by atoms with van der Waals surface area (Å²) in [6, 6.07) is 9.87. The van der Waals surface area contributed by atoms with Crippen LogP contribution >= 0.6 is 0 Å². The lowest BCUT2D eigenvalue weighted by molar-refractivity contribution is -0.139. The highest BCUT2D eigenvalue weighted by atomic mass is 16.3. The molecule has 2 heterocycles. The van der Waals surface area contributed by atoms with Gasteiger partial charge in [-0.1, -0.05) is 73.7 Å². The summed E-state index contributed by atoms with van der Waals surface area (Å²) >= 11 is 0. The first-order valence-electron chi connectivity index (χ1n) is 16.0. The lowest BCUT2D eigenvalue weighted by Crippen LogP contribution is -2.52. The zero-order valence-electron chi connectivity index (χ0n) is 26.9. The van der Waals surface area contributed by atoms with Gasteiger partial charge in [0.25, 0.3) is 17.7 Å². The quantitative estimate of drug-likeness (QED) is 0.222. The maximum absolute atomic E-state index is 14.5. The number of Topliss-reactive ketones (excluding diaryl/α,β-unsaturated/α-hetero) is 1. The van der Waals surface area contributed by atoms with Gasteiger partial charge in [0.05, 0.1) is 24.0 Å². The molecule has 248 valence electrons. The molecular formula is C34H41N7O6. The predicted molar refractivity (Wildman–Crippen MR) is 173 cm³/mol. The summed E-state index contributed by atoms with van der Waals surface area (Å²) in [7, 11) is 0. The van der Waals surface area contributed by atoms with Gasteiger partial charge < -0.3 is 21.1 Å². The van der Waals surface area contributed by atoms with E-state index in [0.29, 0.717) is 16.6 Å². The van der Waals surface area contributed by atoms with E-state index in [1.165, 1.54) is 22.7 Å². The number of primary amides is 1. The van der Waals surface area contributed by atoms with Crippen LogP contribution in [0.25, 0.3) is 10.8 Å². The maximum Gasteiger partial charge on any atom is 0.287 e. The molecule has 47 heavy (non-hydrogen) atoms. The molecule has 2 aliphatic rings. The van der Waals surface area contributed by atoms with E-state index in [-0.39, 0.29) is 31.0 Å². The third-order valence-electron chi connectivity index (χ3n) is 9.10. The molecule has 2 aromatic carbocycles. The summed E-state index contributed by atoms with van der Waals surface area (Å²) < 4.78 is 1.49. The van der Waals surface area contributed by atoms with Crippen LogP contribution in [0, 0.1) is 5.92 Å². The molecule has 1 aromatic heterocycles. The van der Waals surface area contributed by atoms with Gasteiger partial charge >= 0.3 is 0 Å². The average Bonchev–Trinajstić information content (AvgIpc) is 3.72. The van der Waals surface area contributed by atoms with E-state index in [9.17, 15) is 29.1 Å². The second kappa shape index (κ2) is 13.9. The van der Waals surface area contributed by atoms with Crippen LogP contribution < -0.4 is 11.1 Å². The molecule has 3 aromatic rings. The summed E-state index contributed by atoms with van der Waals surface area (Å²) in [6.45, 7) is 4.49. The Hall–Kier alpha value is -4.78. The zero-order chi connectivity index (χ0) is 33.9. The third-order valence-corrected chi connectivity index (χ3v) is 9.10. The molecule has 5 rings (SSSR count). The van der Waals surface area contributed by atoms with Crippen LogP contribution in [0.15, 0.2) is 53.7 Å². The lowest BCUT2D eigenvalue weighted by Gasteiger charge is -2.27. The topological polar surface area (TPSA) is 190 Å². The first-order chi connectivity index (χ1) is 22.3. The lowest BCUT2D eigenvalue weighted by atomic mass is 9.85. The van der Waals surface area contributed by atoms with Crippen molar-refractivity contribution in [3.8, 4) is 0 Å². The van der Waals surface area contributed by atoms with Crippen molar-refractivity contribution in [2.24, 2.45) is 16.6 Å². The zero-order valence-corrected chi connectivity index (χ0v) is 26.9. The molecule has 0 spiro atoms. The van der Waals surface area contributed by atoms with Gasteiger partial charge in [0.2, 0.25) is 11.7 Å². The second-order valence-corrected chi connectivity index (χ2v) is 13.0. The molecule has 3 atom stereocenters. The number of hydrogen-bond donors (Lipinski definition) is 3. The number of rotatable bonds is 10. The third kappa shape index (κ3) is 7.46. The van der Waals surface area contributed by atoms with Gasteiger partial charge in [-0.2, -0.15) is 0 Å². The number of hydrogen-bond acceptors (Lipinski definition) is 8. The van der Waals surface area contributed by atoms with Crippen molar-refractivity contribution in [1.29, 1.82) is 0 Å². The predicted octanol–water partition coefficient (Wildman–Crippen LogP) is 2.61. The Morgan fingerprint density at radius 3 is 2.47 bits per heavy atom. The van der Waals surface area contributed by atoms with Crippen LogP contribution in [0.5, 0.6) is 0 Å². The monoisotopic (exact) mass is 643 g/mol. The van der Waals surface area contributed by atoms with E-state index in [1.54, 1.807) is 26.0 Å². The number of ketones is 1. The van der Waals surface area contributed by atoms with Crippen LogP contribution in [0.3, 0.4) is 0 Å². The van der Waals surface area contributed by atoms with Crippen LogP contribution in [0.2, 0.25) is 0 Å². The van der Waals surface area contributed by atoms with Crippen molar-refractivity contribution in [2.75, 3.05) is 6.54 Å². The maximum atomic E-state index is 14.5. The molecule has 13 nitrogen and oxygen atoms in total. The van der Waals surface area contributed by atoms with E-state index in [4.69, 9.17) is 5.73 Å². The molecular weight excluding hydrogens is 602 g/mol. The number of fused-ring (bicyclic) bond motifs is 1. The number of aromatic nitrogens is 3. The molecule has 4 amide bonds. The van der Waals surface area contributed by atoms with Gasteiger partial charge in [-0.05, 0) is 49.9 Å². The summed E-state index contributed by atoms with van der Waals surface area (Å²) in [5, 5.41) is 23.0. The molecule has 13 heteroatoms. The summed E-state index contributed by atoms with van der Waals surface area (Å²) in [6.07, 6.45) is 6.66. The Morgan fingerprint density at radius 2 is 1.77 bits per heavy atom.